The summed E-state index contributed by atoms with van der Waals surface area (Å²) in [4.78, 5) is 77.8. The highest BCUT2D eigenvalue weighted by atomic mass is 16.3. The van der Waals surface area contributed by atoms with Crippen molar-refractivity contribution < 1.29 is 33.9 Å². The molecule has 0 aliphatic heterocycles. The second kappa shape index (κ2) is 24.4. The topological polar surface area (TPSA) is 323 Å². The van der Waals surface area contributed by atoms with Crippen LogP contribution in [0.15, 0.2) is 30.3 Å². The third-order valence-electron chi connectivity index (χ3n) is 7.67. The van der Waals surface area contributed by atoms with Gasteiger partial charge in [-0.15, -0.1) is 0 Å². The summed E-state index contributed by atoms with van der Waals surface area (Å²) in [7, 11) is 0. The van der Waals surface area contributed by atoms with Gasteiger partial charge in [0.05, 0.1) is 12.6 Å². The SMILES string of the molecule is CC(C)C[C@H](NC(=O)[C@H](CCO)NC(=O)[C@H](CCCNC(=N)N)NC(=O)[C@@H](N)CCCCN)C(=O)N[C@@H](Cc1ccccc1)C(=O)NCC(N)=O. The minimum absolute atomic E-state index is 0.0778. The van der Waals surface area contributed by atoms with Crippen LogP contribution in [-0.4, -0.2) is 103 Å². The van der Waals surface area contributed by atoms with E-state index < -0.39 is 78.8 Å². The van der Waals surface area contributed by atoms with Gasteiger partial charge in [0.25, 0.3) is 0 Å². The van der Waals surface area contributed by atoms with Gasteiger partial charge in [-0.3, -0.25) is 34.2 Å². The van der Waals surface area contributed by atoms with E-state index in [0.717, 1.165) is 5.56 Å². The van der Waals surface area contributed by atoms with Crippen LogP contribution in [0.4, 0.5) is 0 Å². The number of guanidine groups is 1. The fraction of sp³-hybridized carbons (Fsp3) is 0.606. The van der Waals surface area contributed by atoms with Gasteiger partial charge in [-0.1, -0.05) is 50.6 Å². The number of nitrogens with two attached hydrogens (primary N) is 4. The van der Waals surface area contributed by atoms with E-state index in [1.807, 2.05) is 13.8 Å². The Kier molecular flexibility index (Phi) is 21.1. The number of carbonyl (C=O) groups is 6. The molecule has 0 aromatic heterocycles. The quantitative estimate of drug-likeness (QED) is 0.0273. The molecule has 16 N–H and O–H groups in total. The number of aliphatic hydroxyl groups is 1. The first-order valence-electron chi connectivity index (χ1n) is 17.1. The summed E-state index contributed by atoms with van der Waals surface area (Å²) in [5.74, 6) is -4.56. The fourth-order valence-electron chi connectivity index (χ4n) is 4.99. The van der Waals surface area contributed by atoms with Crippen molar-refractivity contribution in [1.82, 2.24) is 31.9 Å². The van der Waals surface area contributed by atoms with E-state index >= 15 is 0 Å². The molecule has 0 saturated carbocycles. The number of primary amides is 1. The maximum absolute atomic E-state index is 13.6. The Morgan fingerprint density at radius 2 is 1.29 bits per heavy atom. The Labute approximate surface area is 298 Å². The number of unbranched alkanes of at least 4 members (excludes halogenated alkanes) is 1. The highest BCUT2D eigenvalue weighted by Crippen LogP contribution is 2.10. The van der Waals surface area contributed by atoms with Crippen molar-refractivity contribution in [2.45, 2.75) is 95.4 Å². The summed E-state index contributed by atoms with van der Waals surface area (Å²) >= 11 is 0. The number of aliphatic hydroxyl groups excluding tert-OH is 1. The third-order valence-corrected chi connectivity index (χ3v) is 7.67. The highest BCUT2D eigenvalue weighted by molar-refractivity contribution is 5.96. The van der Waals surface area contributed by atoms with E-state index in [0.29, 0.717) is 32.2 Å². The summed E-state index contributed by atoms with van der Waals surface area (Å²) in [6.45, 7) is 3.39. The molecule has 0 fully saturated rings. The van der Waals surface area contributed by atoms with Crippen LogP contribution < -0.4 is 54.8 Å². The predicted molar refractivity (Wildman–Crippen MR) is 191 cm³/mol. The molecule has 0 spiro atoms. The average molecular weight is 720 g/mol. The summed E-state index contributed by atoms with van der Waals surface area (Å²) in [6, 6.07) is 3.24. The van der Waals surface area contributed by atoms with Gasteiger partial charge in [0.1, 0.15) is 24.2 Å². The zero-order valence-electron chi connectivity index (χ0n) is 29.5. The Bertz CT molecular complexity index is 1280. The van der Waals surface area contributed by atoms with Crippen molar-refractivity contribution in [2.24, 2.45) is 28.9 Å². The highest BCUT2D eigenvalue weighted by Gasteiger charge is 2.32. The number of carbonyl (C=O) groups excluding carboxylic acids is 6. The number of nitrogens with one attached hydrogen (secondary N) is 7. The molecule has 0 aliphatic rings. The molecule has 0 radical (unpaired) electrons. The van der Waals surface area contributed by atoms with Crippen LogP contribution in [0.1, 0.15) is 64.4 Å². The first-order valence-corrected chi connectivity index (χ1v) is 17.1. The maximum Gasteiger partial charge on any atom is 0.243 e. The van der Waals surface area contributed by atoms with Crippen molar-refractivity contribution in [1.29, 1.82) is 5.41 Å². The van der Waals surface area contributed by atoms with Crippen LogP contribution in [0.3, 0.4) is 0 Å². The standard InChI is InChI=1S/C33H57N11O7/c1-20(2)17-25(32(51)44-26(29(48)40-19-27(36)46)18-21-9-4-3-5-10-21)43-31(50)24(13-16-45)42-30(49)23(12-8-15-39-33(37)38)41-28(47)22(35)11-6-7-14-34/h3-5,9-10,20,22-26,45H,6-8,11-19,34-35H2,1-2H3,(H2,36,46)(H,40,48)(H,41,47)(H,42,49)(H,43,50)(H,44,51)(H4,37,38,39)/t22-,23-,24-,25-,26-/m0/s1. The number of hydrogen-bond acceptors (Lipinski definition) is 10. The van der Waals surface area contributed by atoms with Crippen molar-refractivity contribution in [3.8, 4) is 0 Å². The molecule has 1 rings (SSSR count). The lowest BCUT2D eigenvalue weighted by molar-refractivity contribution is -0.135. The van der Waals surface area contributed by atoms with Gasteiger partial charge < -0.3 is 59.9 Å². The number of amides is 6. The van der Waals surface area contributed by atoms with Gasteiger partial charge in [-0.2, -0.15) is 0 Å². The lowest BCUT2D eigenvalue weighted by Gasteiger charge is -2.27. The van der Waals surface area contributed by atoms with Crippen LogP contribution in [0.2, 0.25) is 0 Å². The Hall–Kier alpha value is -4.81. The zero-order chi connectivity index (χ0) is 38.3. The lowest BCUT2D eigenvalue weighted by Crippen LogP contribution is -2.59. The molecule has 1 aromatic rings. The molecule has 18 heteroatoms. The summed E-state index contributed by atoms with van der Waals surface area (Å²) < 4.78 is 0. The average Bonchev–Trinajstić information content (AvgIpc) is 3.07. The van der Waals surface area contributed by atoms with Crippen LogP contribution >= 0.6 is 0 Å². The minimum atomic E-state index is -1.31. The maximum atomic E-state index is 13.6. The van der Waals surface area contributed by atoms with Gasteiger partial charge in [0.2, 0.25) is 35.4 Å². The van der Waals surface area contributed by atoms with Gasteiger partial charge in [-0.05, 0) is 56.6 Å². The molecule has 6 amide bonds. The third kappa shape index (κ3) is 18.7. The minimum Gasteiger partial charge on any atom is -0.396 e. The van der Waals surface area contributed by atoms with Crippen molar-refractivity contribution >= 4 is 41.4 Å². The normalized spacial score (nSPS) is 13.8. The van der Waals surface area contributed by atoms with Crippen molar-refractivity contribution in [3.63, 3.8) is 0 Å². The monoisotopic (exact) mass is 719 g/mol. The molecule has 51 heavy (non-hydrogen) atoms. The first kappa shape index (κ1) is 44.2. The zero-order valence-corrected chi connectivity index (χ0v) is 29.5. The van der Waals surface area contributed by atoms with Gasteiger partial charge in [-0.25, -0.2) is 0 Å². The van der Waals surface area contributed by atoms with E-state index in [-0.39, 0.29) is 44.1 Å². The van der Waals surface area contributed by atoms with E-state index in [9.17, 15) is 33.9 Å². The summed E-state index contributed by atoms with van der Waals surface area (Å²) in [6.07, 6.45) is 2.05. The molecule has 286 valence electrons. The second-order valence-corrected chi connectivity index (χ2v) is 12.6. The molecule has 18 nitrogen and oxygen atoms in total. The van der Waals surface area contributed by atoms with Crippen LogP contribution in [0.25, 0.3) is 0 Å². The van der Waals surface area contributed by atoms with Crippen molar-refractivity contribution in [3.05, 3.63) is 35.9 Å². The van der Waals surface area contributed by atoms with Gasteiger partial charge >= 0.3 is 0 Å². The van der Waals surface area contributed by atoms with E-state index in [4.69, 9.17) is 28.3 Å². The molecule has 5 atom stereocenters. The van der Waals surface area contributed by atoms with Crippen molar-refractivity contribution in [2.75, 3.05) is 26.2 Å². The van der Waals surface area contributed by atoms with Crippen LogP contribution in [0.5, 0.6) is 0 Å². The molecular formula is C33H57N11O7. The molecular weight excluding hydrogens is 662 g/mol. The number of benzene rings is 1. The Balaban J connectivity index is 3.17. The van der Waals surface area contributed by atoms with Crippen LogP contribution in [-0.2, 0) is 35.2 Å². The van der Waals surface area contributed by atoms with Gasteiger partial charge in [0, 0.05) is 19.6 Å². The van der Waals surface area contributed by atoms with Gasteiger partial charge in [0.15, 0.2) is 5.96 Å². The molecule has 0 saturated heterocycles. The second-order valence-electron chi connectivity index (χ2n) is 12.6. The number of hydrogen-bond donors (Lipinski definition) is 12. The van der Waals surface area contributed by atoms with E-state index in [2.05, 4.69) is 31.9 Å². The van der Waals surface area contributed by atoms with E-state index in [1.165, 1.54) is 0 Å². The Morgan fingerprint density at radius 3 is 1.86 bits per heavy atom. The van der Waals surface area contributed by atoms with E-state index in [1.54, 1.807) is 30.3 Å². The largest absolute Gasteiger partial charge is 0.396 e. The fourth-order valence-corrected chi connectivity index (χ4v) is 4.99. The summed E-state index contributed by atoms with van der Waals surface area (Å²) in [5.41, 5.74) is 22.8. The lowest BCUT2D eigenvalue weighted by atomic mass is 10.0. The van der Waals surface area contributed by atoms with Crippen LogP contribution in [0, 0.1) is 11.3 Å². The molecule has 0 aliphatic carbocycles. The predicted octanol–water partition coefficient (Wildman–Crippen LogP) is -3.08. The number of rotatable bonds is 25. The Morgan fingerprint density at radius 1 is 0.725 bits per heavy atom. The molecule has 0 unspecified atom stereocenters. The molecule has 0 bridgehead atoms. The molecule has 0 heterocycles. The summed E-state index contributed by atoms with van der Waals surface area (Å²) in [5, 5.41) is 32.6. The first-order chi connectivity index (χ1) is 24.2. The molecule has 1 aromatic carbocycles. The smallest absolute Gasteiger partial charge is 0.243 e.